The Hall–Kier alpha value is -1.96. The van der Waals surface area contributed by atoms with Gasteiger partial charge in [0.1, 0.15) is 0 Å². The summed E-state index contributed by atoms with van der Waals surface area (Å²) in [4.78, 5) is 24.9. The molecule has 0 aliphatic heterocycles. The van der Waals surface area contributed by atoms with E-state index in [0.717, 1.165) is 37.7 Å². The maximum Gasteiger partial charge on any atom is 0.185 e. The maximum atomic E-state index is 12.6. The molecule has 2 rings (SSSR count). The van der Waals surface area contributed by atoms with Crippen molar-refractivity contribution in [2.45, 2.75) is 119 Å². The van der Waals surface area contributed by atoms with Crippen LogP contribution in [0.25, 0.3) is 0 Å². The lowest BCUT2D eigenvalue weighted by atomic mass is 9.82. The van der Waals surface area contributed by atoms with Gasteiger partial charge in [0.25, 0.3) is 0 Å². The van der Waals surface area contributed by atoms with Gasteiger partial charge in [-0.2, -0.15) is 0 Å². The number of ketones is 2. The van der Waals surface area contributed by atoms with E-state index in [4.69, 9.17) is 0 Å². The first-order chi connectivity index (χ1) is 15.7. The molecule has 0 amide bonds. The lowest BCUT2D eigenvalue weighted by molar-refractivity contribution is -0.116. The van der Waals surface area contributed by atoms with Crippen molar-refractivity contribution in [1.82, 2.24) is 0 Å². The minimum absolute atomic E-state index is 0.0448. The molecule has 182 valence electrons. The summed E-state index contributed by atoms with van der Waals surface area (Å²) < 4.78 is 0. The van der Waals surface area contributed by atoms with Gasteiger partial charge in [0.05, 0.1) is 0 Å². The van der Waals surface area contributed by atoms with Crippen LogP contribution in [-0.2, 0) is 9.59 Å². The van der Waals surface area contributed by atoms with Crippen molar-refractivity contribution < 1.29 is 9.59 Å². The van der Waals surface area contributed by atoms with E-state index in [1.54, 1.807) is 19.4 Å². The Bertz CT molecular complexity index is 865. The van der Waals surface area contributed by atoms with Gasteiger partial charge in [-0.3, -0.25) is 9.59 Å². The highest BCUT2D eigenvalue weighted by Crippen LogP contribution is 2.29. The zero-order valence-electron chi connectivity index (χ0n) is 22.1. The van der Waals surface area contributed by atoms with Crippen LogP contribution in [-0.4, -0.2) is 11.6 Å². The highest BCUT2D eigenvalue weighted by molar-refractivity contribution is 6.24. The van der Waals surface area contributed by atoms with Crippen molar-refractivity contribution in [2.24, 2.45) is 5.92 Å². The number of Topliss-reactive ketones (excluding diaryl/α,β-unsaturated/α-hetero) is 2. The van der Waals surface area contributed by atoms with Crippen LogP contribution in [0, 0.1) is 5.92 Å². The minimum atomic E-state index is 0.0448. The molecule has 2 aliphatic carbocycles. The fourth-order valence-electron chi connectivity index (χ4n) is 4.89. The second-order valence-corrected chi connectivity index (χ2v) is 10.5. The molecule has 0 radical (unpaired) electrons. The van der Waals surface area contributed by atoms with Gasteiger partial charge in [-0.15, -0.1) is 0 Å². The molecule has 0 aromatic rings. The summed E-state index contributed by atoms with van der Waals surface area (Å²) >= 11 is 0. The van der Waals surface area contributed by atoms with E-state index >= 15 is 0 Å². The normalized spacial score (nSPS) is 19.2. The van der Waals surface area contributed by atoms with Crippen LogP contribution in [0.3, 0.4) is 0 Å². The van der Waals surface area contributed by atoms with E-state index in [9.17, 15) is 9.59 Å². The molecule has 2 aliphatic rings. The molecule has 0 N–H and O–H groups in total. The minimum Gasteiger partial charge on any atom is -0.289 e. The molecule has 1 atom stereocenters. The number of allylic oxidation sites excluding steroid dienone is 10. The molecule has 0 aromatic carbocycles. The van der Waals surface area contributed by atoms with Crippen LogP contribution < -0.4 is 0 Å². The lowest BCUT2D eigenvalue weighted by Gasteiger charge is -2.20. The van der Waals surface area contributed by atoms with Gasteiger partial charge < -0.3 is 0 Å². The Labute approximate surface area is 203 Å². The summed E-state index contributed by atoms with van der Waals surface area (Å²) in [5, 5.41) is 0. The lowest BCUT2D eigenvalue weighted by Crippen LogP contribution is -2.21. The first-order valence-electron chi connectivity index (χ1n) is 13.2. The van der Waals surface area contributed by atoms with Crippen LogP contribution in [0.1, 0.15) is 119 Å². The smallest absolute Gasteiger partial charge is 0.185 e. The standard InChI is InChI=1S/C31H46O2/c1-22(12-9-13-23(2)16-11-19-28-17-7-8-18-28)14-10-15-24(3)20-21-29-27(6)30(32)25(4)26(5)31(29)33/h13-14,19,24H,7-12,15-18,20-21H2,1-6H3/b22-14+,23-13+/t24-/m0/s1. The van der Waals surface area contributed by atoms with Gasteiger partial charge in [-0.05, 0) is 118 Å². The first-order valence-corrected chi connectivity index (χ1v) is 13.2. The van der Waals surface area contributed by atoms with Crippen molar-refractivity contribution in [3.63, 3.8) is 0 Å². The van der Waals surface area contributed by atoms with Crippen molar-refractivity contribution in [1.29, 1.82) is 0 Å². The average Bonchev–Trinajstić information content (AvgIpc) is 3.30. The Morgan fingerprint density at radius 2 is 1.36 bits per heavy atom. The summed E-state index contributed by atoms with van der Waals surface area (Å²) in [6, 6.07) is 0. The molecular formula is C31H46O2. The molecular weight excluding hydrogens is 404 g/mol. The SMILES string of the molecule is CC1=C(C)C(=O)C(CC[C@@H](C)CC/C=C(\C)CC/C=C(\C)CCC=C2CCCC2)=C(C)C1=O. The van der Waals surface area contributed by atoms with Gasteiger partial charge in [-0.25, -0.2) is 0 Å². The number of rotatable bonds is 12. The summed E-state index contributed by atoms with van der Waals surface area (Å²) in [5.41, 5.74) is 7.31. The third-order valence-corrected chi connectivity index (χ3v) is 7.60. The van der Waals surface area contributed by atoms with Gasteiger partial charge in [0.2, 0.25) is 0 Å². The van der Waals surface area contributed by atoms with Gasteiger partial charge in [-0.1, -0.05) is 41.9 Å². The molecule has 0 aromatic heterocycles. The quantitative estimate of drug-likeness (QED) is 0.220. The maximum absolute atomic E-state index is 12.6. The Kier molecular flexibility index (Phi) is 11.3. The second kappa shape index (κ2) is 13.7. The zero-order valence-corrected chi connectivity index (χ0v) is 22.1. The molecule has 0 saturated heterocycles. The molecule has 1 saturated carbocycles. The zero-order chi connectivity index (χ0) is 24.4. The highest BCUT2D eigenvalue weighted by atomic mass is 16.1. The summed E-state index contributed by atoms with van der Waals surface area (Å²) in [6.07, 6.45) is 21.3. The van der Waals surface area contributed by atoms with Crippen molar-refractivity contribution in [3.05, 3.63) is 57.2 Å². The molecule has 0 spiro atoms. The van der Waals surface area contributed by atoms with Crippen LogP contribution in [0.5, 0.6) is 0 Å². The number of hydrogen-bond donors (Lipinski definition) is 0. The Balaban J connectivity index is 1.66. The summed E-state index contributed by atoms with van der Waals surface area (Å²) in [7, 11) is 0. The van der Waals surface area contributed by atoms with Gasteiger partial charge in [0, 0.05) is 22.3 Å². The number of carbonyl (C=O) groups excluding carboxylic acids is 2. The third kappa shape index (κ3) is 8.72. The van der Waals surface area contributed by atoms with Crippen LogP contribution in [0.15, 0.2) is 57.2 Å². The van der Waals surface area contributed by atoms with Crippen molar-refractivity contribution >= 4 is 11.6 Å². The average molecular weight is 451 g/mol. The van der Waals surface area contributed by atoms with E-state index in [2.05, 4.69) is 39.0 Å². The Morgan fingerprint density at radius 3 is 2.03 bits per heavy atom. The monoisotopic (exact) mass is 450 g/mol. The molecule has 2 nitrogen and oxygen atoms in total. The first kappa shape index (κ1) is 27.3. The largest absolute Gasteiger partial charge is 0.289 e. The highest BCUT2D eigenvalue weighted by Gasteiger charge is 2.27. The van der Waals surface area contributed by atoms with Gasteiger partial charge in [0.15, 0.2) is 11.6 Å². The van der Waals surface area contributed by atoms with E-state index in [0.29, 0.717) is 29.1 Å². The fourth-order valence-corrected chi connectivity index (χ4v) is 4.89. The topological polar surface area (TPSA) is 34.1 Å². The van der Waals surface area contributed by atoms with Gasteiger partial charge >= 0.3 is 0 Å². The molecule has 0 unspecified atom stereocenters. The number of carbonyl (C=O) groups is 2. The predicted molar refractivity (Wildman–Crippen MR) is 141 cm³/mol. The second-order valence-electron chi connectivity index (χ2n) is 10.5. The van der Waals surface area contributed by atoms with Crippen LogP contribution in [0.4, 0.5) is 0 Å². The molecule has 0 bridgehead atoms. The molecule has 2 heteroatoms. The number of hydrogen-bond acceptors (Lipinski definition) is 2. The predicted octanol–water partition coefficient (Wildman–Crippen LogP) is 8.94. The summed E-state index contributed by atoms with van der Waals surface area (Å²) in [6.45, 7) is 12.1. The fraction of sp³-hybridized carbons (Fsp3) is 0.613. The molecule has 0 heterocycles. The van der Waals surface area contributed by atoms with E-state index in [1.165, 1.54) is 49.7 Å². The van der Waals surface area contributed by atoms with Crippen LogP contribution in [0.2, 0.25) is 0 Å². The molecule has 1 fully saturated rings. The van der Waals surface area contributed by atoms with E-state index < -0.39 is 0 Å². The molecule has 33 heavy (non-hydrogen) atoms. The van der Waals surface area contributed by atoms with E-state index in [1.807, 2.05) is 6.92 Å². The Morgan fingerprint density at radius 1 is 0.788 bits per heavy atom. The van der Waals surface area contributed by atoms with Crippen LogP contribution >= 0.6 is 0 Å². The van der Waals surface area contributed by atoms with Crippen molar-refractivity contribution in [2.75, 3.05) is 0 Å². The van der Waals surface area contributed by atoms with E-state index in [-0.39, 0.29) is 11.6 Å². The third-order valence-electron chi connectivity index (χ3n) is 7.60. The van der Waals surface area contributed by atoms with Crippen molar-refractivity contribution in [3.8, 4) is 0 Å². The summed E-state index contributed by atoms with van der Waals surface area (Å²) in [5.74, 6) is 0.662.